The lowest BCUT2D eigenvalue weighted by molar-refractivity contribution is -0.137. The summed E-state index contributed by atoms with van der Waals surface area (Å²) in [6, 6.07) is 9.28. The van der Waals surface area contributed by atoms with Crippen molar-refractivity contribution in [3.05, 3.63) is 30.3 Å². The Balaban J connectivity index is 1.77. The van der Waals surface area contributed by atoms with Gasteiger partial charge in [0.05, 0.1) is 6.42 Å². The van der Waals surface area contributed by atoms with E-state index >= 15 is 0 Å². The molecule has 6 heteroatoms. The highest BCUT2D eigenvalue weighted by molar-refractivity contribution is 5.89. The Morgan fingerprint density at radius 1 is 1.23 bits per heavy atom. The third-order valence-electron chi connectivity index (χ3n) is 3.89. The molecule has 1 aromatic rings. The monoisotopic (exact) mass is 305 g/mol. The van der Waals surface area contributed by atoms with Crippen LogP contribution in [0.1, 0.15) is 25.7 Å². The largest absolute Gasteiger partial charge is 0.481 e. The number of nitrogens with zero attached hydrogens (tertiary/aromatic N) is 1. The van der Waals surface area contributed by atoms with Crippen LogP contribution in [-0.4, -0.2) is 47.7 Å². The van der Waals surface area contributed by atoms with E-state index in [0.29, 0.717) is 13.1 Å². The third-order valence-corrected chi connectivity index (χ3v) is 3.89. The third kappa shape index (κ3) is 5.37. The first-order chi connectivity index (χ1) is 10.6. The van der Waals surface area contributed by atoms with Crippen LogP contribution in [0.15, 0.2) is 30.3 Å². The summed E-state index contributed by atoms with van der Waals surface area (Å²) in [6.45, 7) is 1.99. The van der Waals surface area contributed by atoms with E-state index < -0.39 is 5.97 Å². The molecular formula is C16H23N3O3. The molecule has 1 unspecified atom stereocenters. The standard InChI is InChI=1S/C16H23N3O3/c20-15(21)9-11-19-10-5-4-8-14(19)12-17-16(22)18-13-6-2-1-3-7-13/h1-3,6-7,14H,4-5,8-12H2,(H,20,21)(H2,17,18,22). The highest BCUT2D eigenvalue weighted by Crippen LogP contribution is 2.16. The Morgan fingerprint density at radius 3 is 2.73 bits per heavy atom. The number of anilines is 1. The van der Waals surface area contributed by atoms with Gasteiger partial charge in [-0.05, 0) is 31.5 Å². The lowest BCUT2D eigenvalue weighted by atomic mass is 10.0. The summed E-state index contributed by atoms with van der Waals surface area (Å²) < 4.78 is 0. The summed E-state index contributed by atoms with van der Waals surface area (Å²) in [7, 11) is 0. The van der Waals surface area contributed by atoms with Gasteiger partial charge in [0.2, 0.25) is 0 Å². The topological polar surface area (TPSA) is 81.7 Å². The van der Waals surface area contributed by atoms with Gasteiger partial charge in [0.15, 0.2) is 0 Å². The number of rotatable bonds is 6. The molecule has 0 aromatic heterocycles. The van der Waals surface area contributed by atoms with Crippen LogP contribution in [0.4, 0.5) is 10.5 Å². The summed E-state index contributed by atoms with van der Waals surface area (Å²) in [4.78, 5) is 24.8. The van der Waals surface area contributed by atoms with E-state index in [1.807, 2.05) is 30.3 Å². The van der Waals surface area contributed by atoms with Gasteiger partial charge in [0.1, 0.15) is 0 Å². The Morgan fingerprint density at radius 2 is 2.00 bits per heavy atom. The van der Waals surface area contributed by atoms with Crippen molar-refractivity contribution in [1.29, 1.82) is 0 Å². The average Bonchev–Trinajstić information content (AvgIpc) is 2.52. The molecule has 0 aliphatic carbocycles. The van der Waals surface area contributed by atoms with Gasteiger partial charge in [-0.2, -0.15) is 0 Å². The van der Waals surface area contributed by atoms with Crippen molar-refractivity contribution in [2.75, 3.05) is 25.0 Å². The van der Waals surface area contributed by atoms with Crippen molar-refractivity contribution in [2.45, 2.75) is 31.7 Å². The maximum absolute atomic E-state index is 11.9. The maximum atomic E-state index is 11.9. The Bertz CT molecular complexity index is 493. The van der Waals surface area contributed by atoms with Crippen LogP contribution in [-0.2, 0) is 4.79 Å². The molecule has 1 fully saturated rings. The van der Waals surface area contributed by atoms with Crippen LogP contribution in [0.25, 0.3) is 0 Å². The van der Waals surface area contributed by atoms with Gasteiger partial charge in [-0.15, -0.1) is 0 Å². The molecule has 1 heterocycles. The average molecular weight is 305 g/mol. The molecule has 1 aromatic carbocycles. The van der Waals surface area contributed by atoms with Crippen molar-refractivity contribution in [3.8, 4) is 0 Å². The predicted octanol–water partition coefficient (Wildman–Crippen LogP) is 2.14. The Labute approximate surface area is 130 Å². The van der Waals surface area contributed by atoms with Gasteiger partial charge in [0.25, 0.3) is 0 Å². The number of amides is 2. The van der Waals surface area contributed by atoms with Gasteiger partial charge in [0, 0.05) is 24.8 Å². The van der Waals surface area contributed by atoms with Crippen LogP contribution >= 0.6 is 0 Å². The fraction of sp³-hybridized carbons (Fsp3) is 0.500. The molecule has 120 valence electrons. The SMILES string of the molecule is O=C(O)CCN1CCCCC1CNC(=O)Nc1ccccc1. The molecule has 2 rings (SSSR count). The van der Waals surface area contributed by atoms with Crippen LogP contribution in [0.2, 0.25) is 0 Å². The van der Waals surface area contributed by atoms with Crippen molar-refractivity contribution in [1.82, 2.24) is 10.2 Å². The first kappa shape index (κ1) is 16.3. The molecule has 2 amide bonds. The van der Waals surface area contributed by atoms with Gasteiger partial charge in [-0.3, -0.25) is 9.69 Å². The second kappa shape index (κ2) is 8.38. The quantitative estimate of drug-likeness (QED) is 0.752. The minimum atomic E-state index is -0.779. The molecule has 22 heavy (non-hydrogen) atoms. The number of carboxylic acids is 1. The van der Waals surface area contributed by atoms with Crippen molar-refractivity contribution in [3.63, 3.8) is 0 Å². The molecule has 0 bridgehead atoms. The number of carbonyl (C=O) groups excluding carboxylic acids is 1. The zero-order chi connectivity index (χ0) is 15.8. The normalized spacial score (nSPS) is 18.6. The molecule has 3 N–H and O–H groups in total. The Kier molecular flexibility index (Phi) is 6.21. The number of likely N-dealkylation sites (tertiary alicyclic amines) is 1. The number of piperidine rings is 1. The smallest absolute Gasteiger partial charge is 0.319 e. The fourth-order valence-corrected chi connectivity index (χ4v) is 2.73. The predicted molar refractivity (Wildman–Crippen MR) is 84.9 cm³/mol. The lowest BCUT2D eigenvalue weighted by Crippen LogP contribution is -2.48. The molecule has 1 saturated heterocycles. The van der Waals surface area contributed by atoms with Gasteiger partial charge in [-0.25, -0.2) is 4.79 Å². The summed E-state index contributed by atoms with van der Waals surface area (Å²) >= 11 is 0. The Hall–Kier alpha value is -2.08. The second-order valence-electron chi connectivity index (χ2n) is 5.53. The van der Waals surface area contributed by atoms with Crippen molar-refractivity contribution >= 4 is 17.7 Å². The number of urea groups is 1. The minimum absolute atomic E-state index is 0.146. The molecule has 0 spiro atoms. The van der Waals surface area contributed by atoms with Crippen LogP contribution in [0.3, 0.4) is 0 Å². The molecule has 0 saturated carbocycles. The van der Waals surface area contributed by atoms with E-state index in [1.165, 1.54) is 0 Å². The minimum Gasteiger partial charge on any atom is -0.481 e. The first-order valence-corrected chi connectivity index (χ1v) is 7.71. The number of benzene rings is 1. The maximum Gasteiger partial charge on any atom is 0.319 e. The lowest BCUT2D eigenvalue weighted by Gasteiger charge is -2.35. The number of hydrogen-bond acceptors (Lipinski definition) is 3. The highest BCUT2D eigenvalue weighted by Gasteiger charge is 2.23. The molecule has 1 aliphatic heterocycles. The number of aliphatic carboxylic acids is 1. The number of hydrogen-bond donors (Lipinski definition) is 3. The van der Waals surface area contributed by atoms with E-state index in [0.717, 1.165) is 31.5 Å². The van der Waals surface area contributed by atoms with E-state index in [2.05, 4.69) is 15.5 Å². The van der Waals surface area contributed by atoms with E-state index in [-0.39, 0.29) is 18.5 Å². The van der Waals surface area contributed by atoms with Crippen LogP contribution in [0, 0.1) is 0 Å². The zero-order valence-electron chi connectivity index (χ0n) is 12.6. The molecule has 1 atom stereocenters. The fourth-order valence-electron chi connectivity index (χ4n) is 2.73. The number of carbonyl (C=O) groups is 2. The molecule has 1 aliphatic rings. The van der Waals surface area contributed by atoms with Crippen molar-refractivity contribution in [2.24, 2.45) is 0 Å². The van der Waals surface area contributed by atoms with Crippen LogP contribution < -0.4 is 10.6 Å². The first-order valence-electron chi connectivity index (χ1n) is 7.71. The molecular weight excluding hydrogens is 282 g/mol. The van der Waals surface area contributed by atoms with E-state index in [4.69, 9.17) is 5.11 Å². The van der Waals surface area contributed by atoms with Crippen molar-refractivity contribution < 1.29 is 14.7 Å². The van der Waals surface area contributed by atoms with Crippen LogP contribution in [0.5, 0.6) is 0 Å². The second-order valence-corrected chi connectivity index (χ2v) is 5.53. The summed E-state index contributed by atoms with van der Waals surface area (Å²) in [5.41, 5.74) is 0.756. The van der Waals surface area contributed by atoms with E-state index in [9.17, 15) is 9.59 Å². The molecule has 0 radical (unpaired) electrons. The highest BCUT2D eigenvalue weighted by atomic mass is 16.4. The van der Waals surface area contributed by atoms with Gasteiger partial charge >= 0.3 is 12.0 Å². The number of para-hydroxylation sites is 1. The number of carboxylic acid groups (broad SMARTS) is 1. The van der Waals surface area contributed by atoms with Gasteiger partial charge in [-0.1, -0.05) is 24.6 Å². The summed E-state index contributed by atoms with van der Waals surface area (Å²) in [5.74, 6) is -0.779. The summed E-state index contributed by atoms with van der Waals surface area (Å²) in [5, 5.41) is 14.5. The zero-order valence-corrected chi connectivity index (χ0v) is 12.6. The van der Waals surface area contributed by atoms with E-state index in [1.54, 1.807) is 0 Å². The van der Waals surface area contributed by atoms with Gasteiger partial charge < -0.3 is 15.7 Å². The summed E-state index contributed by atoms with van der Waals surface area (Å²) in [6.07, 6.45) is 3.35. The molecule has 6 nitrogen and oxygen atoms in total. The number of nitrogens with one attached hydrogen (secondary N) is 2.